The molecule has 0 amide bonds. The fraction of sp³-hybridized carbons (Fsp3) is 0.364. The second kappa shape index (κ2) is 4.40. The van der Waals surface area contributed by atoms with Crippen molar-refractivity contribution >= 4 is 11.2 Å². The number of nitrogens with one attached hydrogen (secondary N) is 1. The van der Waals surface area contributed by atoms with Crippen molar-refractivity contribution in [1.82, 2.24) is 19.1 Å². The molecule has 0 fully saturated rings. The largest absolute Gasteiger partial charge is 0.339 e. The maximum atomic E-state index is 12.1. The number of allylic oxidation sites excluding steroid dienone is 1. The van der Waals surface area contributed by atoms with E-state index in [-0.39, 0.29) is 17.8 Å². The number of hydrogen-bond acceptors (Lipinski definition) is 3. The van der Waals surface area contributed by atoms with Crippen molar-refractivity contribution in [2.75, 3.05) is 0 Å². The van der Waals surface area contributed by atoms with Crippen molar-refractivity contribution in [1.29, 1.82) is 0 Å². The van der Waals surface area contributed by atoms with Gasteiger partial charge in [0.25, 0.3) is 5.56 Å². The molecule has 0 atom stereocenters. The number of aromatic nitrogens is 4. The molecule has 0 radical (unpaired) electrons. The summed E-state index contributed by atoms with van der Waals surface area (Å²) in [5.74, 6) is 0. The summed E-state index contributed by atoms with van der Waals surface area (Å²) in [6, 6.07) is 0. The van der Waals surface area contributed by atoms with Crippen LogP contribution in [0.3, 0.4) is 0 Å². The Morgan fingerprint density at radius 2 is 2.24 bits per heavy atom. The van der Waals surface area contributed by atoms with Gasteiger partial charge in [0.05, 0.1) is 6.33 Å². The van der Waals surface area contributed by atoms with Crippen LogP contribution in [0.4, 0.5) is 0 Å². The Labute approximate surface area is 97.2 Å². The third-order valence-electron chi connectivity index (χ3n) is 2.55. The predicted octanol–water partition coefficient (Wildman–Crippen LogP) is 0.482. The maximum absolute atomic E-state index is 12.1. The predicted molar refractivity (Wildman–Crippen MR) is 65.1 cm³/mol. The molecule has 0 aliphatic carbocycles. The van der Waals surface area contributed by atoms with Crippen LogP contribution in [0.25, 0.3) is 11.2 Å². The van der Waals surface area contributed by atoms with Gasteiger partial charge < -0.3 is 4.98 Å². The Bertz CT molecular complexity index is 662. The van der Waals surface area contributed by atoms with E-state index in [1.54, 1.807) is 0 Å². The lowest BCUT2D eigenvalue weighted by molar-refractivity contribution is 0.594. The van der Waals surface area contributed by atoms with Gasteiger partial charge in [-0.3, -0.25) is 13.9 Å². The third-order valence-corrected chi connectivity index (χ3v) is 2.55. The highest BCUT2D eigenvalue weighted by atomic mass is 16.2. The highest BCUT2D eigenvalue weighted by Crippen LogP contribution is 2.01. The average Bonchev–Trinajstić information content (AvgIpc) is 2.79. The van der Waals surface area contributed by atoms with Crippen LogP contribution in [-0.4, -0.2) is 19.1 Å². The van der Waals surface area contributed by atoms with Gasteiger partial charge in [0.1, 0.15) is 5.52 Å². The molecular weight excluding hydrogens is 220 g/mol. The quantitative estimate of drug-likeness (QED) is 0.782. The molecule has 0 aromatic carbocycles. The molecule has 2 aromatic heterocycles. The zero-order valence-electron chi connectivity index (χ0n) is 9.64. The molecule has 0 saturated heterocycles. The SMILES string of the molecule is C=CCn1c(=O)c2[nH]cnc2n(CCC)c1=O. The number of rotatable bonds is 4. The Morgan fingerprint density at radius 1 is 1.47 bits per heavy atom. The van der Waals surface area contributed by atoms with Crippen molar-refractivity contribution in [2.24, 2.45) is 0 Å². The van der Waals surface area contributed by atoms with E-state index in [2.05, 4.69) is 16.5 Å². The summed E-state index contributed by atoms with van der Waals surface area (Å²) >= 11 is 0. The van der Waals surface area contributed by atoms with Crippen LogP contribution in [0.2, 0.25) is 0 Å². The summed E-state index contributed by atoms with van der Waals surface area (Å²) in [5.41, 5.74) is 0.0909. The highest BCUT2D eigenvalue weighted by Gasteiger charge is 2.13. The van der Waals surface area contributed by atoms with E-state index in [4.69, 9.17) is 0 Å². The van der Waals surface area contributed by atoms with Crippen LogP contribution < -0.4 is 11.2 Å². The number of aromatic amines is 1. The topological polar surface area (TPSA) is 72.7 Å². The molecule has 2 rings (SSSR count). The molecule has 2 aromatic rings. The number of nitrogens with zero attached hydrogens (tertiary/aromatic N) is 3. The van der Waals surface area contributed by atoms with Crippen molar-refractivity contribution < 1.29 is 0 Å². The summed E-state index contributed by atoms with van der Waals surface area (Å²) in [7, 11) is 0. The zero-order valence-corrected chi connectivity index (χ0v) is 9.64. The van der Waals surface area contributed by atoms with Crippen molar-refractivity contribution in [3.05, 3.63) is 39.8 Å². The van der Waals surface area contributed by atoms with Crippen molar-refractivity contribution in [3.63, 3.8) is 0 Å². The molecule has 0 spiro atoms. The van der Waals surface area contributed by atoms with Crippen LogP contribution in [-0.2, 0) is 13.1 Å². The lowest BCUT2D eigenvalue weighted by Crippen LogP contribution is -2.39. The molecular formula is C11H14N4O2. The first-order valence-electron chi connectivity index (χ1n) is 5.48. The number of imidazole rings is 1. The smallest absolute Gasteiger partial charge is 0.333 e. The minimum atomic E-state index is -0.352. The van der Waals surface area contributed by atoms with E-state index in [1.807, 2.05) is 6.92 Å². The first-order valence-corrected chi connectivity index (χ1v) is 5.48. The first kappa shape index (κ1) is 11.4. The second-order valence-electron chi connectivity index (χ2n) is 3.74. The standard InChI is InChI=1S/C11H14N4O2/c1-3-5-14-9-8(12-7-13-9)10(16)15(6-4-2)11(14)17/h4,7H,2-3,5-6H2,1H3,(H,12,13). The molecule has 17 heavy (non-hydrogen) atoms. The molecule has 0 unspecified atom stereocenters. The van der Waals surface area contributed by atoms with Gasteiger partial charge in [-0.2, -0.15) is 0 Å². The van der Waals surface area contributed by atoms with E-state index in [9.17, 15) is 9.59 Å². The number of aryl methyl sites for hydroxylation is 1. The van der Waals surface area contributed by atoms with Crippen LogP contribution in [0, 0.1) is 0 Å². The monoisotopic (exact) mass is 234 g/mol. The van der Waals surface area contributed by atoms with E-state index in [0.717, 1.165) is 11.0 Å². The molecule has 2 heterocycles. The molecule has 6 nitrogen and oxygen atoms in total. The number of hydrogen-bond donors (Lipinski definition) is 1. The van der Waals surface area contributed by atoms with E-state index in [1.165, 1.54) is 17.0 Å². The Balaban J connectivity index is 2.87. The summed E-state index contributed by atoms with van der Waals surface area (Å²) in [6.07, 6.45) is 3.76. The van der Waals surface area contributed by atoms with Crippen LogP contribution >= 0.6 is 0 Å². The lowest BCUT2D eigenvalue weighted by atomic mass is 10.4. The fourth-order valence-electron chi connectivity index (χ4n) is 1.82. The minimum Gasteiger partial charge on any atom is -0.339 e. The summed E-state index contributed by atoms with van der Waals surface area (Å²) in [6.45, 7) is 6.26. The van der Waals surface area contributed by atoms with Crippen molar-refractivity contribution in [3.8, 4) is 0 Å². The molecule has 0 saturated carbocycles. The first-order chi connectivity index (χ1) is 8.20. The van der Waals surface area contributed by atoms with Gasteiger partial charge >= 0.3 is 5.69 Å². The van der Waals surface area contributed by atoms with Gasteiger partial charge in [-0.15, -0.1) is 6.58 Å². The molecule has 6 heteroatoms. The van der Waals surface area contributed by atoms with Gasteiger partial charge in [-0.05, 0) is 6.42 Å². The number of fused-ring (bicyclic) bond motifs is 1. The third kappa shape index (κ3) is 1.71. The van der Waals surface area contributed by atoms with Crippen LogP contribution in [0.5, 0.6) is 0 Å². The van der Waals surface area contributed by atoms with Gasteiger partial charge in [0, 0.05) is 13.1 Å². The molecule has 0 aliphatic heterocycles. The summed E-state index contributed by atoms with van der Waals surface area (Å²) in [5, 5.41) is 0. The van der Waals surface area contributed by atoms with E-state index in [0.29, 0.717) is 17.7 Å². The molecule has 1 N–H and O–H groups in total. The fourth-order valence-corrected chi connectivity index (χ4v) is 1.82. The van der Waals surface area contributed by atoms with Crippen LogP contribution in [0.1, 0.15) is 13.3 Å². The zero-order chi connectivity index (χ0) is 12.4. The van der Waals surface area contributed by atoms with Gasteiger partial charge in [0.15, 0.2) is 5.65 Å². The van der Waals surface area contributed by atoms with Crippen molar-refractivity contribution in [2.45, 2.75) is 26.4 Å². The van der Waals surface area contributed by atoms with Crippen LogP contribution in [0.15, 0.2) is 28.6 Å². The van der Waals surface area contributed by atoms with Gasteiger partial charge in [0.2, 0.25) is 0 Å². The van der Waals surface area contributed by atoms with E-state index >= 15 is 0 Å². The molecule has 90 valence electrons. The summed E-state index contributed by atoms with van der Waals surface area (Å²) in [4.78, 5) is 30.9. The Kier molecular flexibility index (Phi) is 2.95. The summed E-state index contributed by atoms with van der Waals surface area (Å²) < 4.78 is 2.67. The van der Waals surface area contributed by atoms with Gasteiger partial charge in [-0.1, -0.05) is 13.0 Å². The Morgan fingerprint density at radius 3 is 2.88 bits per heavy atom. The molecule has 0 bridgehead atoms. The number of H-pyrrole nitrogens is 1. The average molecular weight is 234 g/mol. The van der Waals surface area contributed by atoms with E-state index < -0.39 is 0 Å². The Hall–Kier alpha value is -2.11. The minimum absolute atomic E-state index is 0.205. The van der Waals surface area contributed by atoms with Gasteiger partial charge in [-0.25, -0.2) is 9.78 Å². The lowest BCUT2D eigenvalue weighted by Gasteiger charge is -2.08. The molecule has 0 aliphatic rings. The highest BCUT2D eigenvalue weighted by molar-refractivity contribution is 5.68. The second-order valence-corrected chi connectivity index (χ2v) is 3.74. The normalized spacial score (nSPS) is 10.9. The maximum Gasteiger partial charge on any atom is 0.333 e.